The summed E-state index contributed by atoms with van der Waals surface area (Å²) >= 11 is 0. The zero-order valence-electron chi connectivity index (χ0n) is 7.59. The Labute approximate surface area is 59.3 Å². The summed E-state index contributed by atoms with van der Waals surface area (Å²) in [6, 6.07) is 9.69. The van der Waals surface area contributed by atoms with Crippen molar-refractivity contribution in [1.82, 2.24) is 0 Å². The van der Waals surface area contributed by atoms with Crippen LogP contribution in [0.5, 0.6) is 0 Å². The van der Waals surface area contributed by atoms with Crippen molar-refractivity contribution in [3.05, 3.63) is 35.9 Å². The van der Waals surface area contributed by atoms with Gasteiger partial charge in [-0.1, -0.05) is 43.6 Å². The van der Waals surface area contributed by atoms with E-state index in [2.05, 4.69) is 0 Å². The third-order valence-corrected chi connectivity index (χ3v) is 1.22. The van der Waals surface area contributed by atoms with Crippen LogP contribution >= 0.6 is 0 Å². The van der Waals surface area contributed by atoms with Crippen LogP contribution in [0.1, 0.15) is 21.6 Å². The molecule has 0 aromatic heterocycles. The first kappa shape index (κ1) is 4.10. The van der Waals surface area contributed by atoms with Crippen LogP contribution in [0, 0.1) is 0 Å². The molecule has 0 bridgehead atoms. The van der Waals surface area contributed by atoms with Crippen molar-refractivity contribution in [3.8, 4) is 0 Å². The van der Waals surface area contributed by atoms with Gasteiger partial charge in [0.25, 0.3) is 0 Å². The molecule has 0 heterocycles. The third kappa shape index (κ3) is 1.88. The smallest absolute Gasteiger partial charge is 0.0267 e. The molecular weight excluding hydrogens is 108 g/mol. The highest BCUT2D eigenvalue weighted by molar-refractivity contribution is 5.14. The maximum Gasteiger partial charge on any atom is 0.0267 e. The van der Waals surface area contributed by atoms with Crippen molar-refractivity contribution in [3.63, 3.8) is 0 Å². The highest BCUT2D eigenvalue weighted by atomic mass is 13.9. The highest BCUT2D eigenvalue weighted by Crippen LogP contribution is 2.00. The van der Waals surface area contributed by atoms with E-state index in [0.29, 0.717) is 6.42 Å². The lowest BCUT2D eigenvalue weighted by atomic mass is 10.1. The first-order valence-electron chi connectivity index (χ1n) is 4.12. The summed E-state index contributed by atoms with van der Waals surface area (Å²) in [6.07, 6.45) is -0.602. The quantitative estimate of drug-likeness (QED) is 0.565. The van der Waals surface area contributed by atoms with Crippen LogP contribution in [0.3, 0.4) is 0 Å². The highest BCUT2D eigenvalue weighted by Gasteiger charge is 1.84. The molecule has 0 nitrogen and oxygen atoms in total. The Bertz CT molecular complexity index is 211. The molecule has 0 fully saturated rings. The molecule has 0 unspecified atom stereocenters. The van der Waals surface area contributed by atoms with Gasteiger partial charge in [-0.25, -0.2) is 0 Å². The topological polar surface area (TPSA) is 0 Å². The van der Waals surface area contributed by atoms with E-state index in [-0.39, 0.29) is 0 Å². The minimum absolute atomic E-state index is 0.494. The molecular formula is C9H12. The van der Waals surface area contributed by atoms with Gasteiger partial charge < -0.3 is 0 Å². The second kappa shape index (κ2) is 3.29. The minimum Gasteiger partial charge on any atom is -0.0651 e. The fraction of sp³-hybridized carbons (Fsp3) is 0.333. The number of benzene rings is 1. The molecule has 9 heavy (non-hydrogen) atoms. The van der Waals surface area contributed by atoms with Gasteiger partial charge in [0.05, 0.1) is 0 Å². The van der Waals surface area contributed by atoms with Gasteiger partial charge in [-0.05, 0) is 12.0 Å². The monoisotopic (exact) mass is 122 g/mol. The third-order valence-electron chi connectivity index (χ3n) is 1.22. The van der Waals surface area contributed by atoms with Crippen molar-refractivity contribution in [1.29, 1.82) is 0 Å². The number of rotatable bonds is 2. The van der Waals surface area contributed by atoms with Crippen molar-refractivity contribution < 1.29 is 2.74 Å². The summed E-state index contributed by atoms with van der Waals surface area (Å²) < 4.78 is 14.7. The normalized spacial score (nSPS) is 14.3. The van der Waals surface area contributed by atoms with Crippen LogP contribution in [-0.2, 0) is 6.42 Å². The molecule has 0 N–H and O–H groups in total. The van der Waals surface area contributed by atoms with E-state index < -0.39 is 6.37 Å². The van der Waals surface area contributed by atoms with Crippen molar-refractivity contribution in [2.45, 2.75) is 19.7 Å². The predicted molar refractivity (Wildman–Crippen MR) is 40.4 cm³/mol. The maximum absolute atomic E-state index is 7.34. The van der Waals surface area contributed by atoms with Crippen LogP contribution in [-0.4, -0.2) is 0 Å². The molecule has 0 aliphatic heterocycles. The molecule has 0 aliphatic rings. The predicted octanol–water partition coefficient (Wildman–Crippen LogP) is 2.64. The summed E-state index contributed by atoms with van der Waals surface area (Å²) in [7, 11) is 0. The van der Waals surface area contributed by atoms with Crippen molar-refractivity contribution >= 4 is 0 Å². The Kier molecular flexibility index (Phi) is 1.50. The van der Waals surface area contributed by atoms with Gasteiger partial charge in [-0.15, -0.1) is 0 Å². The number of aryl methyl sites for hydroxylation is 1. The standard InChI is InChI=1S/C9H12/c1-2-6-9-7-4-3-5-8-9/h3-5,7-8H,2,6H2,1H3/i2D2. The Balaban J connectivity index is 2.66. The van der Waals surface area contributed by atoms with Gasteiger partial charge >= 0.3 is 0 Å². The Morgan fingerprint density at radius 1 is 1.33 bits per heavy atom. The molecule has 1 aromatic carbocycles. The lowest BCUT2D eigenvalue weighted by Crippen LogP contribution is -1.78. The fourth-order valence-corrected chi connectivity index (χ4v) is 0.800. The molecule has 1 rings (SSSR count). The van der Waals surface area contributed by atoms with E-state index in [9.17, 15) is 0 Å². The Morgan fingerprint density at radius 2 is 2.00 bits per heavy atom. The molecule has 0 amide bonds. The first-order chi connectivity index (χ1) is 5.08. The van der Waals surface area contributed by atoms with Gasteiger partial charge in [-0.3, -0.25) is 0 Å². The molecule has 0 aliphatic carbocycles. The fourth-order valence-electron chi connectivity index (χ4n) is 0.800. The molecule has 0 atom stereocenters. The van der Waals surface area contributed by atoms with E-state index in [1.54, 1.807) is 6.92 Å². The van der Waals surface area contributed by atoms with Crippen LogP contribution in [0.25, 0.3) is 0 Å². The SMILES string of the molecule is [2H]C([2H])(C)Cc1ccccc1. The average molecular weight is 122 g/mol. The second-order valence-electron chi connectivity index (χ2n) is 2.02. The summed E-state index contributed by atoms with van der Waals surface area (Å²) in [6.45, 7) is 1.60. The lowest BCUT2D eigenvalue weighted by Gasteiger charge is -1.93. The molecule has 0 radical (unpaired) electrons. The maximum atomic E-state index is 7.34. The summed E-state index contributed by atoms with van der Waals surface area (Å²) in [5.74, 6) is 0. The lowest BCUT2D eigenvalue weighted by molar-refractivity contribution is 0.922. The van der Waals surface area contributed by atoms with Crippen LogP contribution < -0.4 is 0 Å². The number of hydrogen-bond acceptors (Lipinski definition) is 0. The average Bonchev–Trinajstić information content (AvgIpc) is 1.85. The van der Waals surface area contributed by atoms with Gasteiger partial charge in [0.2, 0.25) is 0 Å². The van der Waals surface area contributed by atoms with Gasteiger partial charge in [-0.2, -0.15) is 0 Å². The van der Waals surface area contributed by atoms with Gasteiger partial charge in [0.1, 0.15) is 0 Å². The van der Waals surface area contributed by atoms with Gasteiger partial charge in [0.15, 0.2) is 0 Å². The molecule has 1 aromatic rings. The molecule has 0 heteroatoms. The van der Waals surface area contributed by atoms with Crippen LogP contribution in [0.2, 0.25) is 0 Å². The zero-order chi connectivity index (χ0) is 8.32. The zero-order valence-corrected chi connectivity index (χ0v) is 5.59. The Morgan fingerprint density at radius 3 is 2.56 bits per heavy atom. The van der Waals surface area contributed by atoms with E-state index in [1.165, 1.54) is 0 Å². The second-order valence-corrected chi connectivity index (χ2v) is 2.02. The molecule has 0 saturated carbocycles. The van der Waals surface area contributed by atoms with Crippen molar-refractivity contribution in [2.75, 3.05) is 0 Å². The summed E-state index contributed by atoms with van der Waals surface area (Å²) in [5, 5.41) is 0. The molecule has 0 saturated heterocycles. The summed E-state index contributed by atoms with van der Waals surface area (Å²) in [4.78, 5) is 0. The van der Waals surface area contributed by atoms with Crippen LogP contribution in [0.15, 0.2) is 30.3 Å². The molecule has 0 spiro atoms. The van der Waals surface area contributed by atoms with E-state index >= 15 is 0 Å². The first-order valence-corrected chi connectivity index (χ1v) is 3.12. The van der Waals surface area contributed by atoms with E-state index in [0.717, 1.165) is 5.56 Å². The van der Waals surface area contributed by atoms with E-state index in [1.807, 2.05) is 30.3 Å². The van der Waals surface area contributed by atoms with Crippen molar-refractivity contribution in [2.24, 2.45) is 0 Å². The summed E-state index contributed by atoms with van der Waals surface area (Å²) in [5.41, 5.74) is 1.06. The molecule has 48 valence electrons. The Hall–Kier alpha value is -0.780. The minimum atomic E-state index is -1.10. The van der Waals surface area contributed by atoms with E-state index in [4.69, 9.17) is 2.74 Å². The van der Waals surface area contributed by atoms with Gasteiger partial charge in [0, 0.05) is 2.74 Å². The number of hydrogen-bond donors (Lipinski definition) is 0. The largest absolute Gasteiger partial charge is 0.0651 e. The van der Waals surface area contributed by atoms with Crippen LogP contribution in [0.4, 0.5) is 0 Å².